The number of halogens is 1. The number of amides is 1. The van der Waals surface area contributed by atoms with Gasteiger partial charge in [0.1, 0.15) is 0 Å². The molecule has 0 aromatic rings. The van der Waals surface area contributed by atoms with E-state index in [1.807, 2.05) is 18.7 Å². The van der Waals surface area contributed by atoms with Gasteiger partial charge in [0.05, 0.1) is 6.54 Å². The fraction of sp³-hybridized carbons (Fsp3) is 0.895. The molecule has 1 aliphatic rings. The van der Waals surface area contributed by atoms with Crippen LogP contribution in [0.4, 0.5) is 0 Å². The van der Waals surface area contributed by atoms with Crippen LogP contribution in [0.3, 0.4) is 0 Å². The Morgan fingerprint density at radius 3 is 2.42 bits per heavy atom. The highest BCUT2D eigenvalue weighted by Gasteiger charge is 2.28. The van der Waals surface area contributed by atoms with E-state index in [0.717, 1.165) is 45.0 Å². The van der Waals surface area contributed by atoms with E-state index in [-0.39, 0.29) is 41.8 Å². The molecule has 6 nitrogen and oxygen atoms in total. The molecule has 2 N–H and O–H groups in total. The Kier molecular flexibility index (Phi) is 12.5. The molecule has 0 saturated carbocycles. The van der Waals surface area contributed by atoms with Crippen LogP contribution in [-0.4, -0.2) is 74.0 Å². The Hall–Kier alpha value is -0.570. The summed E-state index contributed by atoms with van der Waals surface area (Å²) in [5.41, 5.74) is 0. The number of nitrogens with zero attached hydrogens (tertiary/aromatic N) is 3. The molecule has 1 heterocycles. The van der Waals surface area contributed by atoms with Crippen LogP contribution in [0.5, 0.6) is 0 Å². The molecular formula is C19H40IN5O. The highest BCUT2D eigenvalue weighted by Crippen LogP contribution is 2.13. The fourth-order valence-electron chi connectivity index (χ4n) is 3.15. The number of aliphatic imine (C=N–C) groups is 1. The van der Waals surface area contributed by atoms with Crippen molar-refractivity contribution in [2.75, 3.05) is 40.3 Å². The maximum absolute atomic E-state index is 12.1. The lowest BCUT2D eigenvalue weighted by Crippen LogP contribution is -2.46. The van der Waals surface area contributed by atoms with Crippen LogP contribution in [0.25, 0.3) is 0 Å². The van der Waals surface area contributed by atoms with E-state index in [1.165, 1.54) is 0 Å². The first-order valence-electron chi connectivity index (χ1n) is 9.74. The van der Waals surface area contributed by atoms with Gasteiger partial charge in [0, 0.05) is 37.6 Å². The molecule has 7 heteroatoms. The van der Waals surface area contributed by atoms with E-state index in [0.29, 0.717) is 12.0 Å². The molecule has 1 rings (SSSR count). The highest BCUT2D eigenvalue weighted by atomic mass is 127. The molecule has 2 unspecified atom stereocenters. The smallest absolute Gasteiger partial charge is 0.225 e. The van der Waals surface area contributed by atoms with Crippen molar-refractivity contribution in [2.45, 2.75) is 59.5 Å². The minimum absolute atomic E-state index is 0. The zero-order chi connectivity index (χ0) is 19.0. The zero-order valence-electron chi connectivity index (χ0n) is 17.7. The zero-order valence-corrected chi connectivity index (χ0v) is 20.0. The number of carbonyl (C=O) groups is 1. The third-order valence-electron chi connectivity index (χ3n) is 4.61. The van der Waals surface area contributed by atoms with Gasteiger partial charge in [-0.05, 0) is 39.8 Å². The second-order valence-electron chi connectivity index (χ2n) is 8.04. The predicted octanol–water partition coefficient (Wildman–Crippen LogP) is 2.39. The number of carbonyl (C=O) groups excluding carboxylic acids is 1. The molecule has 0 bridgehead atoms. The van der Waals surface area contributed by atoms with Crippen molar-refractivity contribution in [2.24, 2.45) is 16.8 Å². The first kappa shape index (κ1) is 25.4. The molecule has 1 saturated heterocycles. The molecule has 0 radical (unpaired) electrons. The molecule has 26 heavy (non-hydrogen) atoms. The summed E-state index contributed by atoms with van der Waals surface area (Å²) in [7, 11) is 4.24. The first-order chi connectivity index (χ1) is 11.7. The molecule has 1 fully saturated rings. The quantitative estimate of drug-likeness (QED) is 0.318. The average Bonchev–Trinajstić information content (AvgIpc) is 2.98. The summed E-state index contributed by atoms with van der Waals surface area (Å²) < 4.78 is 0. The summed E-state index contributed by atoms with van der Waals surface area (Å²) in [6.07, 6.45) is 2.11. The number of rotatable bonds is 8. The van der Waals surface area contributed by atoms with Crippen LogP contribution in [0.1, 0.15) is 47.5 Å². The van der Waals surface area contributed by atoms with Gasteiger partial charge < -0.3 is 20.4 Å². The van der Waals surface area contributed by atoms with Crippen LogP contribution in [0.15, 0.2) is 4.99 Å². The average molecular weight is 481 g/mol. The second kappa shape index (κ2) is 12.8. The Morgan fingerprint density at radius 1 is 1.27 bits per heavy atom. The summed E-state index contributed by atoms with van der Waals surface area (Å²) in [6, 6.07) is 0.724. The molecule has 0 aromatic carbocycles. The van der Waals surface area contributed by atoms with E-state index in [2.05, 4.69) is 50.4 Å². The van der Waals surface area contributed by atoms with Gasteiger partial charge in [-0.3, -0.25) is 9.79 Å². The van der Waals surface area contributed by atoms with Crippen molar-refractivity contribution in [1.29, 1.82) is 0 Å². The van der Waals surface area contributed by atoms with Gasteiger partial charge in [0.2, 0.25) is 5.91 Å². The Labute approximate surface area is 177 Å². The molecule has 0 aromatic heterocycles. The van der Waals surface area contributed by atoms with Crippen molar-refractivity contribution >= 4 is 35.8 Å². The first-order valence-corrected chi connectivity index (χ1v) is 9.74. The van der Waals surface area contributed by atoms with Crippen LogP contribution >= 0.6 is 24.0 Å². The van der Waals surface area contributed by atoms with Crippen molar-refractivity contribution in [3.63, 3.8) is 0 Å². The Bertz CT molecular complexity index is 440. The summed E-state index contributed by atoms with van der Waals surface area (Å²) in [5.74, 6) is 1.83. The van der Waals surface area contributed by atoms with Gasteiger partial charge in [0.15, 0.2) is 5.96 Å². The molecule has 1 aliphatic heterocycles. The van der Waals surface area contributed by atoms with Crippen molar-refractivity contribution in [1.82, 2.24) is 20.4 Å². The van der Waals surface area contributed by atoms with Crippen LogP contribution in [0.2, 0.25) is 0 Å². The molecule has 0 aliphatic carbocycles. The fourth-order valence-corrected chi connectivity index (χ4v) is 3.15. The highest BCUT2D eigenvalue weighted by molar-refractivity contribution is 14.0. The van der Waals surface area contributed by atoms with Gasteiger partial charge in [-0.25, -0.2) is 0 Å². The summed E-state index contributed by atoms with van der Waals surface area (Å²) in [5, 5.41) is 6.86. The number of guanidine groups is 1. The van der Waals surface area contributed by atoms with E-state index < -0.39 is 0 Å². The third-order valence-corrected chi connectivity index (χ3v) is 4.61. The van der Waals surface area contributed by atoms with Crippen molar-refractivity contribution in [3.8, 4) is 0 Å². The molecular weight excluding hydrogens is 441 g/mol. The monoisotopic (exact) mass is 481 g/mol. The molecule has 1 amide bonds. The predicted molar refractivity (Wildman–Crippen MR) is 121 cm³/mol. The minimum atomic E-state index is 0. The minimum Gasteiger partial charge on any atom is -0.357 e. The van der Waals surface area contributed by atoms with Crippen molar-refractivity contribution in [3.05, 3.63) is 0 Å². The topological polar surface area (TPSA) is 60.0 Å². The Balaban J connectivity index is 0.00000625. The number of likely N-dealkylation sites (tertiary alicyclic amines) is 1. The van der Waals surface area contributed by atoms with Crippen LogP contribution in [-0.2, 0) is 4.79 Å². The normalized spacial score (nSPS) is 19.1. The van der Waals surface area contributed by atoms with Crippen LogP contribution < -0.4 is 10.6 Å². The van der Waals surface area contributed by atoms with Gasteiger partial charge in [-0.15, -0.1) is 24.0 Å². The van der Waals surface area contributed by atoms with E-state index in [1.54, 1.807) is 0 Å². The van der Waals surface area contributed by atoms with Crippen molar-refractivity contribution < 1.29 is 4.79 Å². The largest absolute Gasteiger partial charge is 0.357 e. The summed E-state index contributed by atoms with van der Waals surface area (Å²) in [6.45, 7) is 13.7. The lowest BCUT2D eigenvalue weighted by molar-refractivity contribution is -0.133. The van der Waals surface area contributed by atoms with Gasteiger partial charge in [-0.2, -0.15) is 0 Å². The number of hydrogen-bond donors (Lipinski definition) is 2. The summed E-state index contributed by atoms with van der Waals surface area (Å²) >= 11 is 0. The van der Waals surface area contributed by atoms with Gasteiger partial charge in [-0.1, -0.05) is 27.7 Å². The number of nitrogens with one attached hydrogen (secondary N) is 2. The molecule has 2 atom stereocenters. The van der Waals surface area contributed by atoms with Gasteiger partial charge in [0.25, 0.3) is 0 Å². The lowest BCUT2D eigenvalue weighted by atomic mass is 10.0. The number of likely N-dealkylation sites (N-methyl/N-ethyl adjacent to an activating group) is 1. The third kappa shape index (κ3) is 8.88. The standard InChI is InChI=1S/C19H39N5O.HI/c1-8-20-19(21-12-17(23(6)7)11-14(2)3)22-16-9-10-24(13-16)18(25)15(4)5;/h14-17H,8-13H2,1-7H3,(H2,20,21,22);1H. The Morgan fingerprint density at radius 2 is 1.92 bits per heavy atom. The molecule has 154 valence electrons. The van der Waals surface area contributed by atoms with E-state index in [4.69, 9.17) is 4.99 Å². The van der Waals surface area contributed by atoms with Gasteiger partial charge >= 0.3 is 0 Å². The SMILES string of the molecule is CCNC(=NCC(CC(C)C)N(C)C)NC1CCN(C(=O)C(C)C)C1.I. The van der Waals surface area contributed by atoms with Crippen LogP contribution in [0, 0.1) is 11.8 Å². The second-order valence-corrected chi connectivity index (χ2v) is 8.04. The molecule has 0 spiro atoms. The van der Waals surface area contributed by atoms with E-state index in [9.17, 15) is 4.79 Å². The number of hydrogen-bond acceptors (Lipinski definition) is 3. The lowest BCUT2D eigenvalue weighted by Gasteiger charge is -2.25. The summed E-state index contributed by atoms with van der Waals surface area (Å²) in [4.78, 5) is 21.2. The maximum atomic E-state index is 12.1. The van der Waals surface area contributed by atoms with E-state index >= 15 is 0 Å². The maximum Gasteiger partial charge on any atom is 0.225 e.